The molecule has 0 aromatic carbocycles. The van der Waals surface area contributed by atoms with Gasteiger partial charge in [-0.3, -0.25) is 10.1 Å². The Labute approximate surface area is 170 Å². The number of carbonyl (C=O) groups is 1. The van der Waals surface area contributed by atoms with Gasteiger partial charge in [-0.1, -0.05) is 37.2 Å². The molecule has 1 amide bonds. The van der Waals surface area contributed by atoms with Crippen LogP contribution < -0.4 is 15.8 Å². The third kappa shape index (κ3) is 4.42. The fourth-order valence-electron chi connectivity index (χ4n) is 2.35. The molecule has 0 saturated carbocycles. The molecule has 0 fully saturated rings. The number of nitrogen functional groups attached to an aromatic ring is 1. The first-order valence-corrected chi connectivity index (χ1v) is 9.74. The fraction of sp³-hybridized carbons (Fsp3) is 0.375. The zero-order valence-corrected chi connectivity index (χ0v) is 17.0. The van der Waals surface area contributed by atoms with Crippen molar-refractivity contribution < 1.29 is 9.53 Å². The van der Waals surface area contributed by atoms with E-state index in [0.29, 0.717) is 22.8 Å². The van der Waals surface area contributed by atoms with Crippen molar-refractivity contribution in [2.75, 3.05) is 17.7 Å². The summed E-state index contributed by atoms with van der Waals surface area (Å²) in [6, 6.07) is 0. The zero-order valence-electron chi connectivity index (χ0n) is 15.4. The Morgan fingerprint density at radius 1 is 1.36 bits per heavy atom. The number of nitrogens with zero attached hydrogens (tertiary/aromatic N) is 5. The molecular formula is C16H19ClN8O2S. The summed E-state index contributed by atoms with van der Waals surface area (Å²) in [6.07, 6.45) is 2.88. The molecule has 3 aromatic rings. The van der Waals surface area contributed by atoms with Gasteiger partial charge >= 0.3 is 0 Å². The molecule has 0 unspecified atom stereocenters. The number of imidazole rings is 1. The minimum absolute atomic E-state index is 0.0159. The molecule has 1 atom stereocenters. The van der Waals surface area contributed by atoms with E-state index in [4.69, 9.17) is 22.1 Å². The third-order valence-corrected chi connectivity index (χ3v) is 5.39. The lowest BCUT2D eigenvalue weighted by Gasteiger charge is -2.19. The lowest BCUT2D eigenvalue weighted by Crippen LogP contribution is -2.30. The maximum atomic E-state index is 12.9. The van der Waals surface area contributed by atoms with Gasteiger partial charge in [-0.2, -0.15) is 9.97 Å². The second kappa shape index (κ2) is 8.57. The first-order chi connectivity index (χ1) is 13.4. The molecule has 10 nitrogen and oxygen atoms in total. The summed E-state index contributed by atoms with van der Waals surface area (Å²) in [5.74, 6) is 0.115. The van der Waals surface area contributed by atoms with Gasteiger partial charge < -0.3 is 15.5 Å². The standard InChI is InChI=1S/C16H19ClN8O2S/c1-4-27-13-8(17)5-19-16(24-13)23-12(26)10(7(2)3)28-14-9-11(21-6-20-9)22-15(18)25-14/h5-7,10H,4H2,1-3H3,(H,19,23,24,26)(H3,18,20,21,22,25)/t10-/m0/s1. The monoisotopic (exact) mass is 422 g/mol. The summed E-state index contributed by atoms with van der Waals surface area (Å²) in [6.45, 7) is 6.07. The van der Waals surface area contributed by atoms with E-state index in [1.54, 1.807) is 0 Å². The van der Waals surface area contributed by atoms with Gasteiger partial charge in [0.05, 0.1) is 24.4 Å². The highest BCUT2D eigenvalue weighted by Gasteiger charge is 2.27. The largest absolute Gasteiger partial charge is 0.477 e. The van der Waals surface area contributed by atoms with E-state index in [9.17, 15) is 4.79 Å². The van der Waals surface area contributed by atoms with Crippen LogP contribution in [-0.2, 0) is 4.79 Å². The van der Waals surface area contributed by atoms with Crippen LogP contribution in [0.4, 0.5) is 11.9 Å². The Balaban J connectivity index is 1.83. The maximum Gasteiger partial charge on any atom is 0.240 e. The number of aromatic amines is 1. The van der Waals surface area contributed by atoms with Crippen molar-refractivity contribution in [2.24, 2.45) is 5.92 Å². The van der Waals surface area contributed by atoms with Gasteiger partial charge in [0.15, 0.2) is 5.65 Å². The van der Waals surface area contributed by atoms with E-state index in [0.717, 1.165) is 0 Å². The Bertz CT molecular complexity index is 996. The number of aromatic nitrogens is 6. The van der Waals surface area contributed by atoms with Gasteiger partial charge in [-0.05, 0) is 12.8 Å². The van der Waals surface area contributed by atoms with Gasteiger partial charge in [0.25, 0.3) is 0 Å². The van der Waals surface area contributed by atoms with Gasteiger partial charge in [-0.25, -0.2) is 15.0 Å². The van der Waals surface area contributed by atoms with E-state index >= 15 is 0 Å². The number of carbonyl (C=O) groups excluding carboxylic acids is 1. The molecule has 28 heavy (non-hydrogen) atoms. The molecule has 0 aliphatic heterocycles. The molecule has 0 radical (unpaired) electrons. The van der Waals surface area contributed by atoms with Crippen LogP contribution >= 0.6 is 23.4 Å². The van der Waals surface area contributed by atoms with Gasteiger partial charge in [0, 0.05) is 0 Å². The predicted octanol–water partition coefficient (Wildman–Crippen LogP) is 2.53. The maximum absolute atomic E-state index is 12.9. The van der Waals surface area contributed by atoms with Crippen LogP contribution in [0.3, 0.4) is 0 Å². The van der Waals surface area contributed by atoms with Crippen LogP contribution in [0.5, 0.6) is 5.88 Å². The van der Waals surface area contributed by atoms with Crippen molar-refractivity contribution in [2.45, 2.75) is 31.0 Å². The molecule has 3 rings (SSSR count). The van der Waals surface area contributed by atoms with Crippen LogP contribution in [0.2, 0.25) is 5.02 Å². The van der Waals surface area contributed by atoms with Gasteiger partial charge in [-0.15, -0.1) is 0 Å². The van der Waals surface area contributed by atoms with E-state index < -0.39 is 5.25 Å². The number of thioether (sulfide) groups is 1. The number of nitrogens with one attached hydrogen (secondary N) is 2. The van der Waals surface area contributed by atoms with Gasteiger partial charge in [0.1, 0.15) is 15.6 Å². The Hall–Kier alpha value is -2.66. The van der Waals surface area contributed by atoms with Crippen LogP contribution in [0.1, 0.15) is 20.8 Å². The van der Waals surface area contributed by atoms with Crippen molar-refractivity contribution in [3.05, 3.63) is 17.5 Å². The summed E-state index contributed by atoms with van der Waals surface area (Å²) in [5.41, 5.74) is 6.83. The highest BCUT2D eigenvalue weighted by Crippen LogP contribution is 2.32. The number of ether oxygens (including phenoxy) is 1. The van der Waals surface area contributed by atoms with E-state index in [-0.39, 0.29) is 34.6 Å². The number of H-pyrrole nitrogens is 1. The molecule has 0 saturated heterocycles. The summed E-state index contributed by atoms with van der Waals surface area (Å²) >= 11 is 7.25. The molecule has 3 aromatic heterocycles. The van der Waals surface area contributed by atoms with Crippen molar-refractivity contribution in [3.8, 4) is 5.88 Å². The average molecular weight is 423 g/mol. The van der Waals surface area contributed by atoms with Crippen LogP contribution in [0.25, 0.3) is 11.2 Å². The van der Waals surface area contributed by atoms with Crippen LogP contribution in [0.15, 0.2) is 17.6 Å². The third-order valence-electron chi connectivity index (χ3n) is 3.60. The molecule has 148 valence electrons. The van der Waals surface area contributed by atoms with Crippen molar-refractivity contribution in [1.82, 2.24) is 29.9 Å². The second-order valence-electron chi connectivity index (χ2n) is 6.04. The normalized spacial score (nSPS) is 12.3. The molecule has 0 aliphatic rings. The second-order valence-corrected chi connectivity index (χ2v) is 7.58. The number of nitrogens with two attached hydrogens (primary N) is 1. The predicted molar refractivity (Wildman–Crippen MR) is 107 cm³/mol. The van der Waals surface area contributed by atoms with E-state index in [1.165, 1.54) is 24.3 Å². The number of hydrogen-bond acceptors (Lipinski definition) is 9. The molecule has 12 heteroatoms. The Kier molecular flexibility index (Phi) is 6.15. The lowest BCUT2D eigenvalue weighted by molar-refractivity contribution is -0.116. The molecular weight excluding hydrogens is 404 g/mol. The highest BCUT2D eigenvalue weighted by molar-refractivity contribution is 8.00. The smallest absolute Gasteiger partial charge is 0.240 e. The number of fused-ring (bicyclic) bond motifs is 1. The highest BCUT2D eigenvalue weighted by atomic mass is 35.5. The fourth-order valence-corrected chi connectivity index (χ4v) is 3.59. The van der Waals surface area contributed by atoms with Crippen molar-refractivity contribution in [3.63, 3.8) is 0 Å². The number of amides is 1. The summed E-state index contributed by atoms with van der Waals surface area (Å²) in [7, 11) is 0. The van der Waals surface area contributed by atoms with E-state index in [1.807, 2.05) is 20.8 Å². The van der Waals surface area contributed by atoms with Crippen molar-refractivity contribution in [1.29, 1.82) is 0 Å². The first kappa shape index (κ1) is 20.1. The number of anilines is 2. The van der Waals surface area contributed by atoms with Gasteiger partial charge in [0.2, 0.25) is 23.7 Å². The lowest BCUT2D eigenvalue weighted by atomic mass is 10.1. The SMILES string of the molecule is CCOc1nc(NC(=O)[C@@H](Sc2nc(N)nc3nc[nH]c23)C(C)C)ncc1Cl. The molecule has 0 spiro atoms. The van der Waals surface area contributed by atoms with E-state index in [2.05, 4.69) is 35.2 Å². The van der Waals surface area contributed by atoms with Crippen LogP contribution in [0, 0.1) is 5.92 Å². The summed E-state index contributed by atoms with van der Waals surface area (Å²) < 4.78 is 5.33. The summed E-state index contributed by atoms with van der Waals surface area (Å²) in [5, 5.41) is 3.03. The quantitative estimate of drug-likeness (QED) is 0.386. The zero-order chi connectivity index (χ0) is 20.3. The number of halogens is 1. The van der Waals surface area contributed by atoms with Crippen LogP contribution in [-0.4, -0.2) is 47.7 Å². The minimum Gasteiger partial charge on any atom is -0.477 e. The first-order valence-electron chi connectivity index (χ1n) is 8.48. The minimum atomic E-state index is -0.490. The topological polar surface area (TPSA) is 145 Å². The van der Waals surface area contributed by atoms with Crippen molar-refractivity contribution >= 4 is 52.3 Å². The summed E-state index contributed by atoms with van der Waals surface area (Å²) in [4.78, 5) is 36.4. The number of rotatable bonds is 7. The Morgan fingerprint density at radius 3 is 2.86 bits per heavy atom. The molecule has 0 bridgehead atoms. The molecule has 0 aliphatic carbocycles. The Morgan fingerprint density at radius 2 is 2.14 bits per heavy atom. The molecule has 3 heterocycles. The average Bonchev–Trinajstić information content (AvgIpc) is 3.10. The number of hydrogen-bond donors (Lipinski definition) is 3. The molecule has 4 N–H and O–H groups in total.